The van der Waals surface area contributed by atoms with E-state index in [1.807, 2.05) is 7.05 Å². The van der Waals surface area contributed by atoms with Crippen molar-refractivity contribution in [2.24, 2.45) is 0 Å². The number of sulfonamides is 1. The SMILES string of the molecule is CNCCC1CCCCN1S(=O)(=O)CCC(=O)OC. The van der Waals surface area contributed by atoms with Gasteiger partial charge in [-0.05, 0) is 32.9 Å². The average molecular weight is 292 g/mol. The summed E-state index contributed by atoms with van der Waals surface area (Å²) in [6.45, 7) is 1.37. The Morgan fingerprint density at radius 1 is 1.42 bits per heavy atom. The highest BCUT2D eigenvalue weighted by Crippen LogP contribution is 2.23. The van der Waals surface area contributed by atoms with Crippen LogP contribution in [0, 0.1) is 0 Å². The van der Waals surface area contributed by atoms with Gasteiger partial charge in [0.1, 0.15) is 0 Å². The van der Waals surface area contributed by atoms with Gasteiger partial charge in [0.05, 0.1) is 19.3 Å². The number of esters is 1. The molecule has 0 aromatic heterocycles. The van der Waals surface area contributed by atoms with Gasteiger partial charge in [-0.3, -0.25) is 4.79 Å². The summed E-state index contributed by atoms with van der Waals surface area (Å²) < 4.78 is 30.6. The standard InChI is InChI=1S/C12H24N2O4S/c1-13-8-6-11-5-3-4-9-14(11)19(16,17)10-7-12(15)18-2/h11,13H,3-10H2,1-2H3. The Morgan fingerprint density at radius 2 is 2.16 bits per heavy atom. The third kappa shape index (κ3) is 5.08. The molecule has 0 bridgehead atoms. The van der Waals surface area contributed by atoms with E-state index in [9.17, 15) is 13.2 Å². The van der Waals surface area contributed by atoms with Crippen molar-refractivity contribution in [3.63, 3.8) is 0 Å². The molecule has 19 heavy (non-hydrogen) atoms. The smallest absolute Gasteiger partial charge is 0.306 e. The zero-order valence-corrected chi connectivity index (χ0v) is 12.5. The van der Waals surface area contributed by atoms with Crippen LogP contribution in [0.15, 0.2) is 0 Å². The van der Waals surface area contributed by atoms with Crippen molar-refractivity contribution >= 4 is 16.0 Å². The van der Waals surface area contributed by atoms with E-state index < -0.39 is 16.0 Å². The van der Waals surface area contributed by atoms with Gasteiger partial charge in [0.25, 0.3) is 0 Å². The lowest BCUT2D eigenvalue weighted by Crippen LogP contribution is -2.45. The minimum atomic E-state index is -3.36. The zero-order chi connectivity index (χ0) is 14.3. The minimum Gasteiger partial charge on any atom is -0.469 e. The molecule has 0 spiro atoms. The van der Waals surface area contributed by atoms with Gasteiger partial charge < -0.3 is 10.1 Å². The zero-order valence-electron chi connectivity index (χ0n) is 11.7. The first kappa shape index (κ1) is 16.4. The molecule has 0 aromatic carbocycles. The molecule has 1 N–H and O–H groups in total. The van der Waals surface area contributed by atoms with E-state index in [2.05, 4.69) is 10.1 Å². The molecule has 0 aromatic rings. The third-order valence-corrected chi connectivity index (χ3v) is 5.37. The number of carbonyl (C=O) groups is 1. The first-order valence-electron chi connectivity index (χ1n) is 6.72. The lowest BCUT2D eigenvalue weighted by atomic mass is 10.0. The molecular formula is C12H24N2O4S. The van der Waals surface area contributed by atoms with Gasteiger partial charge in [0, 0.05) is 12.6 Å². The molecule has 7 heteroatoms. The van der Waals surface area contributed by atoms with Crippen LogP contribution in [0.2, 0.25) is 0 Å². The molecular weight excluding hydrogens is 268 g/mol. The molecule has 112 valence electrons. The topological polar surface area (TPSA) is 75.7 Å². The molecule has 1 saturated heterocycles. The number of methoxy groups -OCH3 is 1. The normalized spacial score (nSPS) is 21.3. The van der Waals surface area contributed by atoms with Gasteiger partial charge in [0.15, 0.2) is 0 Å². The summed E-state index contributed by atoms with van der Waals surface area (Å²) in [7, 11) is -0.234. The van der Waals surface area contributed by atoms with Crippen molar-refractivity contribution in [2.45, 2.75) is 38.1 Å². The Morgan fingerprint density at radius 3 is 2.79 bits per heavy atom. The molecule has 0 saturated carbocycles. The van der Waals surface area contributed by atoms with Crippen LogP contribution in [0.1, 0.15) is 32.1 Å². The second-order valence-corrected chi connectivity index (χ2v) is 6.84. The fraction of sp³-hybridized carbons (Fsp3) is 0.917. The molecule has 1 rings (SSSR count). The maximum atomic E-state index is 12.3. The first-order valence-corrected chi connectivity index (χ1v) is 8.33. The summed E-state index contributed by atoms with van der Waals surface area (Å²) in [5, 5.41) is 3.05. The summed E-state index contributed by atoms with van der Waals surface area (Å²) in [5.41, 5.74) is 0. The van der Waals surface area contributed by atoms with E-state index in [-0.39, 0.29) is 18.2 Å². The van der Waals surface area contributed by atoms with E-state index in [1.165, 1.54) is 7.11 Å². The highest BCUT2D eigenvalue weighted by atomic mass is 32.2. The number of carbonyl (C=O) groups excluding carboxylic acids is 1. The largest absolute Gasteiger partial charge is 0.469 e. The number of hydrogen-bond acceptors (Lipinski definition) is 5. The number of nitrogens with zero attached hydrogens (tertiary/aromatic N) is 1. The van der Waals surface area contributed by atoms with Crippen LogP contribution in [0.5, 0.6) is 0 Å². The Balaban J connectivity index is 2.64. The summed E-state index contributed by atoms with van der Waals surface area (Å²) in [6, 6.07) is 0.0591. The van der Waals surface area contributed by atoms with Crippen molar-refractivity contribution in [1.82, 2.24) is 9.62 Å². The van der Waals surface area contributed by atoms with Crippen LogP contribution < -0.4 is 5.32 Å². The summed E-state index contributed by atoms with van der Waals surface area (Å²) in [5.74, 6) is -0.636. The van der Waals surface area contributed by atoms with Crippen molar-refractivity contribution in [3.05, 3.63) is 0 Å². The van der Waals surface area contributed by atoms with Crippen LogP contribution in [-0.4, -0.2) is 57.7 Å². The van der Waals surface area contributed by atoms with Gasteiger partial charge in [0.2, 0.25) is 10.0 Å². The van der Waals surface area contributed by atoms with Crippen LogP contribution in [0.3, 0.4) is 0 Å². The quantitative estimate of drug-likeness (QED) is 0.685. The van der Waals surface area contributed by atoms with E-state index in [0.717, 1.165) is 32.2 Å². The highest BCUT2D eigenvalue weighted by molar-refractivity contribution is 7.89. The lowest BCUT2D eigenvalue weighted by Gasteiger charge is -2.34. The van der Waals surface area contributed by atoms with E-state index in [4.69, 9.17) is 0 Å². The number of rotatable bonds is 7. The first-order chi connectivity index (χ1) is 9.01. The molecule has 6 nitrogen and oxygen atoms in total. The maximum absolute atomic E-state index is 12.3. The van der Waals surface area contributed by atoms with Gasteiger partial charge in [-0.2, -0.15) is 4.31 Å². The van der Waals surface area contributed by atoms with Crippen molar-refractivity contribution in [3.8, 4) is 0 Å². The van der Waals surface area contributed by atoms with Crippen LogP contribution in [0.4, 0.5) is 0 Å². The maximum Gasteiger partial charge on any atom is 0.306 e. The van der Waals surface area contributed by atoms with Gasteiger partial charge in [-0.25, -0.2) is 8.42 Å². The third-order valence-electron chi connectivity index (χ3n) is 3.45. The molecule has 1 atom stereocenters. The molecule has 1 aliphatic rings. The molecule has 1 unspecified atom stereocenters. The van der Waals surface area contributed by atoms with Gasteiger partial charge in [-0.15, -0.1) is 0 Å². The van der Waals surface area contributed by atoms with Crippen molar-refractivity contribution in [1.29, 1.82) is 0 Å². The Bertz CT molecular complexity index is 383. The predicted octanol–water partition coefficient (Wildman–Crippen LogP) is 0.343. The minimum absolute atomic E-state index is 0.0591. The monoisotopic (exact) mass is 292 g/mol. The van der Waals surface area contributed by atoms with Crippen LogP contribution in [-0.2, 0) is 19.6 Å². The Hall–Kier alpha value is -0.660. The number of hydrogen-bond donors (Lipinski definition) is 1. The molecule has 1 aliphatic heterocycles. The predicted molar refractivity (Wildman–Crippen MR) is 73.3 cm³/mol. The van der Waals surface area contributed by atoms with Crippen LogP contribution >= 0.6 is 0 Å². The summed E-state index contributed by atoms with van der Waals surface area (Å²) in [6.07, 6.45) is 3.60. The molecule has 0 radical (unpaired) electrons. The second kappa shape index (κ2) is 7.81. The molecule has 0 amide bonds. The average Bonchev–Trinajstić information content (AvgIpc) is 2.42. The highest BCUT2D eigenvalue weighted by Gasteiger charge is 2.31. The number of ether oxygens (including phenoxy) is 1. The van der Waals surface area contributed by atoms with E-state index >= 15 is 0 Å². The molecule has 0 aliphatic carbocycles. The lowest BCUT2D eigenvalue weighted by molar-refractivity contribution is -0.140. The second-order valence-electron chi connectivity index (χ2n) is 4.79. The molecule has 1 fully saturated rings. The van der Waals surface area contributed by atoms with E-state index in [0.29, 0.717) is 6.54 Å². The summed E-state index contributed by atoms with van der Waals surface area (Å²) >= 11 is 0. The van der Waals surface area contributed by atoms with Gasteiger partial charge in [-0.1, -0.05) is 6.42 Å². The fourth-order valence-electron chi connectivity index (χ4n) is 2.37. The Labute approximate surface area is 115 Å². The number of nitrogens with one attached hydrogen (secondary N) is 1. The Kier molecular flexibility index (Phi) is 6.74. The van der Waals surface area contributed by atoms with Crippen LogP contribution in [0.25, 0.3) is 0 Å². The summed E-state index contributed by atoms with van der Waals surface area (Å²) in [4.78, 5) is 11.1. The van der Waals surface area contributed by atoms with Gasteiger partial charge >= 0.3 is 5.97 Å². The molecule has 1 heterocycles. The number of piperidine rings is 1. The van der Waals surface area contributed by atoms with Crippen molar-refractivity contribution < 1.29 is 17.9 Å². The fourth-order valence-corrected chi connectivity index (χ4v) is 4.10. The van der Waals surface area contributed by atoms with Crippen molar-refractivity contribution in [2.75, 3.05) is 33.0 Å². The van der Waals surface area contributed by atoms with E-state index in [1.54, 1.807) is 4.31 Å².